The largest absolute Gasteiger partial charge is 0.741 e. The summed E-state index contributed by atoms with van der Waals surface area (Å²) >= 11 is 1.85. The van der Waals surface area contributed by atoms with Crippen molar-refractivity contribution >= 4 is 32.3 Å². The van der Waals surface area contributed by atoms with E-state index in [2.05, 4.69) is 157 Å². The first kappa shape index (κ1) is 36.7. The summed E-state index contributed by atoms with van der Waals surface area (Å²) < 4.78 is 65.8. The number of hydrogen-bond acceptors (Lipinski definition) is 5. The van der Waals surface area contributed by atoms with Crippen LogP contribution in [0.4, 0.5) is 13.2 Å². The number of halogens is 3. The molecular weight excluding hydrogens is 722 g/mol. The normalized spacial score (nSPS) is 12.0. The first-order valence-electron chi connectivity index (χ1n) is 15.9. The van der Waals surface area contributed by atoms with Crippen molar-refractivity contribution in [2.75, 3.05) is 7.11 Å². The Hall–Kier alpha value is -5.13. The smallest absolute Gasteiger partial charge is 0.485 e. The Labute approximate surface area is 307 Å². The molecule has 7 rings (SSSR count). The Morgan fingerprint density at radius 3 is 1.58 bits per heavy atom. The van der Waals surface area contributed by atoms with Crippen molar-refractivity contribution in [3.63, 3.8) is 0 Å². The fourth-order valence-electron chi connectivity index (χ4n) is 5.67. The van der Waals surface area contributed by atoms with Gasteiger partial charge in [0.2, 0.25) is 4.21 Å². The van der Waals surface area contributed by atoms with Gasteiger partial charge in [-0.2, -0.15) is 13.2 Å². The molecule has 6 aromatic carbocycles. The van der Waals surface area contributed by atoms with Gasteiger partial charge in [0, 0.05) is 22.6 Å². The Bertz CT molecular complexity index is 2330. The molecule has 0 spiro atoms. The van der Waals surface area contributed by atoms with Crippen molar-refractivity contribution < 1.29 is 30.9 Å². The Morgan fingerprint density at radius 1 is 0.596 bits per heavy atom. The molecule has 0 saturated heterocycles. The van der Waals surface area contributed by atoms with Gasteiger partial charge in [-0.1, -0.05) is 133 Å². The van der Waals surface area contributed by atoms with Crippen LogP contribution >= 0.6 is 11.3 Å². The summed E-state index contributed by atoms with van der Waals surface area (Å²) in [4.78, 5) is 2.63. The molecule has 0 radical (unpaired) electrons. The minimum absolute atomic E-state index is 0.335. The second-order valence-corrected chi connectivity index (χ2v) is 15.9. The monoisotopic (exact) mass is 752 g/mol. The first-order valence-corrected chi connectivity index (χ1v) is 19.4. The van der Waals surface area contributed by atoms with Crippen LogP contribution in [0.15, 0.2) is 183 Å². The lowest BCUT2D eigenvalue weighted by Crippen LogP contribution is -2.21. The molecule has 10 heteroatoms. The lowest BCUT2D eigenvalue weighted by atomic mass is 9.87. The maximum absolute atomic E-state index is 10.7. The van der Waals surface area contributed by atoms with Gasteiger partial charge in [0.25, 0.3) is 0 Å². The van der Waals surface area contributed by atoms with Crippen LogP contribution in [0.3, 0.4) is 0 Å². The van der Waals surface area contributed by atoms with E-state index in [0.29, 0.717) is 0 Å². The van der Waals surface area contributed by atoms with E-state index in [0.717, 1.165) is 11.3 Å². The highest BCUT2D eigenvalue weighted by atomic mass is 32.2. The van der Waals surface area contributed by atoms with Crippen LogP contribution in [0.25, 0.3) is 44.5 Å². The number of ether oxygens (including phenoxy) is 1. The third-order valence-corrected chi connectivity index (χ3v) is 12.2. The molecule has 0 aliphatic heterocycles. The molecule has 0 aliphatic carbocycles. The Balaban J connectivity index is 0.000000522. The highest BCUT2D eigenvalue weighted by Gasteiger charge is 2.37. The average molecular weight is 753 g/mol. The van der Waals surface area contributed by atoms with Crippen LogP contribution < -0.4 is 4.74 Å². The minimum atomic E-state index is -6.09. The van der Waals surface area contributed by atoms with Crippen LogP contribution in [0.1, 0.15) is 0 Å². The zero-order valence-corrected chi connectivity index (χ0v) is 30.1. The van der Waals surface area contributed by atoms with Crippen molar-refractivity contribution in [1.29, 1.82) is 0 Å². The standard InChI is InChI=1S/C41H31OS2.CHF3O3S/c1-42-35-24-22-31(23-25-35)37-26-27-38(41(33-18-10-4-11-19-33)40(37)32-16-8-3-9-17-32)44(36-20-12-5-13-21-36)39-28-34(29-43-39)30-14-6-2-7-15-30;2-1(3,4)8(5,6)7/h2-29H,1H3;(H,5,6,7)/q+1;/p-1. The van der Waals surface area contributed by atoms with Crippen LogP contribution in [0, 0.1) is 0 Å². The molecular formula is C42H31F3O4S3. The maximum atomic E-state index is 10.7. The Kier molecular flexibility index (Phi) is 11.3. The summed E-state index contributed by atoms with van der Waals surface area (Å²) in [6.45, 7) is 0. The third-order valence-electron chi connectivity index (χ3n) is 8.06. The summed E-state index contributed by atoms with van der Waals surface area (Å²) in [6, 6.07) is 58.9. The van der Waals surface area contributed by atoms with Crippen molar-refractivity contribution in [3.05, 3.63) is 169 Å². The molecule has 0 N–H and O–H groups in total. The minimum Gasteiger partial charge on any atom is -0.741 e. The molecule has 0 fully saturated rings. The summed E-state index contributed by atoms with van der Waals surface area (Å²) in [5, 5.41) is 2.31. The third kappa shape index (κ3) is 8.32. The highest BCUT2D eigenvalue weighted by molar-refractivity contribution is 7.99. The molecule has 0 bridgehead atoms. The number of hydrogen-bond donors (Lipinski definition) is 0. The van der Waals surface area contributed by atoms with Gasteiger partial charge < -0.3 is 9.29 Å². The predicted molar refractivity (Wildman–Crippen MR) is 203 cm³/mol. The number of methoxy groups -OCH3 is 1. The molecule has 0 aliphatic rings. The quantitative estimate of drug-likeness (QED) is 0.0881. The molecule has 1 aromatic heterocycles. The van der Waals surface area contributed by atoms with Crippen molar-refractivity contribution in [2.45, 2.75) is 19.5 Å². The fraction of sp³-hybridized carbons (Fsp3) is 0.0476. The number of benzene rings is 6. The molecule has 262 valence electrons. The number of rotatable bonds is 8. The average Bonchev–Trinajstić information content (AvgIpc) is 3.65. The van der Waals surface area contributed by atoms with E-state index in [-0.39, 0.29) is 10.9 Å². The van der Waals surface area contributed by atoms with Crippen LogP contribution in [-0.2, 0) is 21.0 Å². The molecule has 4 nitrogen and oxygen atoms in total. The molecule has 52 heavy (non-hydrogen) atoms. The Morgan fingerprint density at radius 2 is 1.08 bits per heavy atom. The van der Waals surface area contributed by atoms with E-state index in [1.807, 2.05) is 23.5 Å². The summed E-state index contributed by atoms with van der Waals surface area (Å²) in [5.41, 5.74) is 4.15. The van der Waals surface area contributed by atoms with Crippen molar-refractivity contribution in [2.24, 2.45) is 0 Å². The zero-order chi connectivity index (χ0) is 36.7. The molecule has 7 aromatic rings. The van der Waals surface area contributed by atoms with E-state index in [1.54, 1.807) is 7.11 Å². The second-order valence-electron chi connectivity index (χ2n) is 11.4. The molecule has 0 saturated carbocycles. The van der Waals surface area contributed by atoms with Crippen molar-refractivity contribution in [1.82, 2.24) is 0 Å². The lowest BCUT2D eigenvalue weighted by molar-refractivity contribution is -0.0517. The summed E-state index contributed by atoms with van der Waals surface area (Å²) in [5.74, 6) is 0.854. The van der Waals surface area contributed by atoms with Gasteiger partial charge >= 0.3 is 5.51 Å². The van der Waals surface area contributed by atoms with E-state index in [1.165, 1.54) is 52.9 Å². The second kappa shape index (κ2) is 16.0. The molecule has 1 atom stereocenters. The SMILES string of the molecule is COc1ccc(-c2ccc([S+](c3ccccc3)c3cc(-c4ccccc4)cs3)c(-c3ccccc3)c2-c2ccccc2)cc1.O=S(=O)([O-])C(F)(F)F. The number of alkyl halides is 3. The lowest BCUT2D eigenvalue weighted by Gasteiger charge is -2.20. The van der Waals surface area contributed by atoms with Gasteiger partial charge in [0.1, 0.15) is 16.6 Å². The van der Waals surface area contributed by atoms with Crippen molar-refractivity contribution in [3.8, 4) is 50.3 Å². The van der Waals surface area contributed by atoms with Gasteiger partial charge in [-0.05, 0) is 69.8 Å². The van der Waals surface area contributed by atoms with Crippen LogP contribution in [-0.4, -0.2) is 25.6 Å². The fourth-order valence-corrected chi connectivity index (χ4v) is 9.41. The molecule has 1 heterocycles. The van der Waals surface area contributed by atoms with Gasteiger partial charge in [-0.15, -0.1) is 0 Å². The zero-order valence-electron chi connectivity index (χ0n) is 27.7. The number of thiophene rings is 1. The van der Waals surface area contributed by atoms with Gasteiger partial charge in [-0.3, -0.25) is 0 Å². The predicted octanol–water partition coefficient (Wildman–Crippen LogP) is 11.6. The van der Waals surface area contributed by atoms with E-state index >= 15 is 0 Å². The van der Waals surface area contributed by atoms with Gasteiger partial charge in [-0.25, -0.2) is 8.42 Å². The van der Waals surface area contributed by atoms with Crippen LogP contribution in [0.5, 0.6) is 5.75 Å². The van der Waals surface area contributed by atoms with E-state index < -0.39 is 15.6 Å². The summed E-state index contributed by atoms with van der Waals surface area (Å²) in [7, 11) is -4.71. The topological polar surface area (TPSA) is 66.4 Å². The van der Waals surface area contributed by atoms with Crippen LogP contribution in [0.2, 0.25) is 0 Å². The summed E-state index contributed by atoms with van der Waals surface area (Å²) in [6.07, 6.45) is 0. The van der Waals surface area contributed by atoms with Gasteiger partial charge in [0.05, 0.1) is 7.11 Å². The maximum Gasteiger partial charge on any atom is 0.485 e. The van der Waals surface area contributed by atoms with E-state index in [4.69, 9.17) is 17.7 Å². The van der Waals surface area contributed by atoms with E-state index in [9.17, 15) is 13.2 Å². The molecule has 0 amide bonds. The molecule has 1 unspecified atom stereocenters. The highest BCUT2D eigenvalue weighted by Crippen LogP contribution is 2.48. The first-order chi connectivity index (χ1) is 25.0. The van der Waals surface area contributed by atoms with Gasteiger partial charge in [0.15, 0.2) is 19.9 Å².